The molecule has 53 heavy (non-hydrogen) atoms. The molecule has 0 bridgehead atoms. The summed E-state index contributed by atoms with van der Waals surface area (Å²) >= 11 is 0. The minimum atomic E-state index is -1.79. The van der Waals surface area contributed by atoms with Crippen molar-refractivity contribution < 1.29 is 64.6 Å². The van der Waals surface area contributed by atoms with Crippen molar-refractivity contribution in [3.63, 3.8) is 0 Å². The fraction of sp³-hybridized carbons (Fsp3) is 0.821. The van der Waals surface area contributed by atoms with Gasteiger partial charge in [-0.05, 0) is 51.4 Å². The van der Waals surface area contributed by atoms with Crippen molar-refractivity contribution in [1.82, 2.24) is 5.32 Å². The molecule has 308 valence electrons. The number of aliphatic hydroxyl groups is 8. The Morgan fingerprint density at radius 2 is 1.25 bits per heavy atom. The molecule has 1 amide bonds. The van der Waals surface area contributed by atoms with Crippen molar-refractivity contribution >= 4 is 5.91 Å². The number of hydrogen-bond donors (Lipinski definition) is 9. The molecule has 2 saturated heterocycles. The molecule has 0 spiro atoms. The molecule has 0 aromatic heterocycles. The molecule has 0 radical (unpaired) electrons. The van der Waals surface area contributed by atoms with E-state index >= 15 is 0 Å². The number of amides is 1. The number of nitrogens with one attached hydrogen (secondary N) is 1. The average molecular weight is 760 g/mol. The van der Waals surface area contributed by atoms with Crippen molar-refractivity contribution in [3.05, 3.63) is 36.5 Å². The quantitative estimate of drug-likeness (QED) is 0.0432. The Morgan fingerprint density at radius 3 is 1.92 bits per heavy atom. The molecule has 2 fully saturated rings. The highest BCUT2D eigenvalue weighted by atomic mass is 16.7. The van der Waals surface area contributed by atoms with Crippen molar-refractivity contribution in [3.8, 4) is 0 Å². The first-order chi connectivity index (χ1) is 25.6. The first-order valence-electron chi connectivity index (χ1n) is 19.7. The van der Waals surface area contributed by atoms with Crippen LogP contribution in [0.4, 0.5) is 0 Å². The van der Waals surface area contributed by atoms with Crippen LogP contribution in [-0.2, 0) is 23.7 Å². The lowest BCUT2D eigenvalue weighted by atomic mass is 9.97. The molecule has 0 saturated carbocycles. The molecule has 2 heterocycles. The average Bonchev–Trinajstić information content (AvgIpc) is 3.15. The second kappa shape index (κ2) is 27.7. The minimum Gasteiger partial charge on any atom is -0.394 e. The predicted molar refractivity (Wildman–Crippen MR) is 198 cm³/mol. The van der Waals surface area contributed by atoms with E-state index in [4.69, 9.17) is 18.9 Å². The molecule has 12 unspecified atom stereocenters. The van der Waals surface area contributed by atoms with Gasteiger partial charge < -0.3 is 65.1 Å². The summed E-state index contributed by atoms with van der Waals surface area (Å²) in [6.45, 7) is 2.58. The lowest BCUT2D eigenvalue weighted by Gasteiger charge is -2.46. The van der Waals surface area contributed by atoms with Gasteiger partial charge in [0.2, 0.25) is 5.91 Å². The molecule has 0 aromatic rings. The summed E-state index contributed by atoms with van der Waals surface area (Å²) in [5.41, 5.74) is 0. The zero-order chi connectivity index (χ0) is 39.0. The van der Waals surface area contributed by atoms with Gasteiger partial charge in [-0.1, -0.05) is 88.8 Å². The van der Waals surface area contributed by atoms with Crippen molar-refractivity contribution in [2.45, 2.75) is 184 Å². The van der Waals surface area contributed by atoms with Crippen LogP contribution in [0.1, 0.15) is 110 Å². The first-order valence-corrected chi connectivity index (χ1v) is 19.7. The Morgan fingerprint density at radius 1 is 0.660 bits per heavy atom. The number of aliphatic hydroxyl groups excluding tert-OH is 8. The monoisotopic (exact) mass is 759 g/mol. The molecule has 14 heteroatoms. The number of rotatable bonds is 27. The fourth-order valence-electron chi connectivity index (χ4n) is 6.19. The van der Waals surface area contributed by atoms with Crippen LogP contribution < -0.4 is 5.32 Å². The minimum absolute atomic E-state index is 0.261. The largest absolute Gasteiger partial charge is 0.394 e. The summed E-state index contributed by atoms with van der Waals surface area (Å²) in [5, 5.41) is 85.9. The van der Waals surface area contributed by atoms with Crippen molar-refractivity contribution in [2.75, 3.05) is 19.8 Å². The van der Waals surface area contributed by atoms with Crippen LogP contribution in [-0.4, -0.2) is 140 Å². The molecule has 14 nitrogen and oxygen atoms in total. The highest BCUT2D eigenvalue weighted by molar-refractivity contribution is 5.76. The van der Waals surface area contributed by atoms with E-state index in [9.17, 15) is 45.6 Å². The Kier molecular flexibility index (Phi) is 24.8. The van der Waals surface area contributed by atoms with Gasteiger partial charge in [-0.25, -0.2) is 0 Å². The molecule has 2 aliphatic heterocycles. The maximum atomic E-state index is 13.0. The van der Waals surface area contributed by atoms with Gasteiger partial charge in [0.05, 0.1) is 32.0 Å². The van der Waals surface area contributed by atoms with Gasteiger partial charge in [0.1, 0.15) is 48.8 Å². The zero-order valence-electron chi connectivity index (χ0n) is 31.7. The van der Waals surface area contributed by atoms with Gasteiger partial charge in [0.25, 0.3) is 0 Å². The smallest absolute Gasteiger partial charge is 0.220 e. The van der Waals surface area contributed by atoms with Gasteiger partial charge >= 0.3 is 0 Å². The number of ether oxygens (including phenoxy) is 4. The lowest BCUT2D eigenvalue weighted by Crippen LogP contribution is -2.65. The number of unbranched alkanes of at least 4 members (excludes halogenated alkanes) is 10. The molecule has 2 aliphatic rings. The fourth-order valence-corrected chi connectivity index (χ4v) is 6.19. The van der Waals surface area contributed by atoms with Crippen LogP contribution in [0.5, 0.6) is 0 Å². The molecular formula is C39H69NO13. The van der Waals surface area contributed by atoms with Gasteiger partial charge in [-0.15, -0.1) is 0 Å². The van der Waals surface area contributed by atoms with Gasteiger partial charge in [0.15, 0.2) is 12.6 Å². The summed E-state index contributed by atoms with van der Waals surface area (Å²) in [5.74, 6) is -0.269. The van der Waals surface area contributed by atoms with E-state index < -0.39 is 86.8 Å². The Labute approximate surface area is 315 Å². The van der Waals surface area contributed by atoms with E-state index in [0.29, 0.717) is 12.8 Å². The van der Waals surface area contributed by atoms with Crippen LogP contribution >= 0.6 is 0 Å². The molecular weight excluding hydrogens is 690 g/mol. The third-order valence-corrected chi connectivity index (χ3v) is 9.53. The number of allylic oxidation sites excluding steroid dienone is 5. The van der Waals surface area contributed by atoms with Gasteiger partial charge in [-0.3, -0.25) is 4.79 Å². The van der Waals surface area contributed by atoms with E-state index in [1.54, 1.807) is 6.08 Å². The molecule has 2 rings (SSSR count). The second-order valence-electron chi connectivity index (χ2n) is 14.0. The van der Waals surface area contributed by atoms with Crippen LogP contribution in [0, 0.1) is 0 Å². The highest BCUT2D eigenvalue weighted by Crippen LogP contribution is 2.29. The second-order valence-corrected chi connectivity index (χ2v) is 14.0. The van der Waals surface area contributed by atoms with Crippen molar-refractivity contribution in [2.24, 2.45) is 0 Å². The molecule has 0 aliphatic carbocycles. The Bertz CT molecular complexity index is 1040. The maximum Gasteiger partial charge on any atom is 0.220 e. The predicted octanol–water partition coefficient (Wildman–Crippen LogP) is 2.03. The SMILES string of the molecule is CCC/C=C\CCCCCCCC(=O)NC(COC1OC(CO)C(OC2OC(CO)C(O)C(O)C2O)C(O)C1O)C(O)/C=C/CC/C=C/CCCCC. The van der Waals surface area contributed by atoms with E-state index in [-0.39, 0.29) is 18.9 Å². The number of carbonyl (C=O) groups excluding carboxylic acids is 1. The Hall–Kier alpha value is -1.79. The van der Waals surface area contributed by atoms with Crippen LogP contribution in [0.25, 0.3) is 0 Å². The van der Waals surface area contributed by atoms with E-state index in [2.05, 4.69) is 43.5 Å². The first kappa shape index (κ1) is 47.4. The summed E-state index contributed by atoms with van der Waals surface area (Å²) < 4.78 is 22.5. The van der Waals surface area contributed by atoms with Crippen LogP contribution in [0.3, 0.4) is 0 Å². The highest BCUT2D eigenvalue weighted by Gasteiger charge is 2.50. The van der Waals surface area contributed by atoms with E-state index in [0.717, 1.165) is 64.2 Å². The third-order valence-electron chi connectivity index (χ3n) is 9.53. The maximum absolute atomic E-state index is 13.0. The van der Waals surface area contributed by atoms with Gasteiger partial charge in [-0.2, -0.15) is 0 Å². The van der Waals surface area contributed by atoms with Gasteiger partial charge in [0, 0.05) is 6.42 Å². The summed E-state index contributed by atoms with van der Waals surface area (Å²) in [4.78, 5) is 13.0. The normalized spacial score (nSPS) is 30.8. The topological polar surface area (TPSA) is 228 Å². The molecule has 9 N–H and O–H groups in total. The van der Waals surface area contributed by atoms with Crippen LogP contribution in [0.2, 0.25) is 0 Å². The third kappa shape index (κ3) is 17.3. The standard InChI is InChI=1S/C39H69NO13/c1-3-5-7-9-11-13-15-17-19-21-23-31(44)40-27(28(43)22-20-18-16-14-12-10-8-6-4-2)26-50-38-36(49)34(47)37(30(25-42)52-38)53-39-35(48)33(46)32(45)29(24-41)51-39/h7,9,12,14,20,22,27-30,32-39,41-43,45-49H,3-6,8,10-11,13,15-19,21,23-26H2,1-2H3,(H,40,44)/b9-7-,14-12+,22-20+. The van der Waals surface area contributed by atoms with Crippen molar-refractivity contribution in [1.29, 1.82) is 0 Å². The lowest BCUT2D eigenvalue weighted by molar-refractivity contribution is -0.359. The zero-order valence-corrected chi connectivity index (χ0v) is 31.7. The molecule has 12 atom stereocenters. The van der Waals surface area contributed by atoms with E-state index in [1.165, 1.54) is 12.8 Å². The Balaban J connectivity index is 1.99. The summed E-state index contributed by atoms with van der Waals surface area (Å²) in [6, 6.07) is -0.929. The summed E-state index contributed by atoms with van der Waals surface area (Å²) in [7, 11) is 0. The molecule has 0 aromatic carbocycles. The van der Waals surface area contributed by atoms with E-state index in [1.807, 2.05) is 6.08 Å². The number of carbonyl (C=O) groups is 1. The number of hydrogen-bond acceptors (Lipinski definition) is 13. The van der Waals surface area contributed by atoms with Crippen LogP contribution in [0.15, 0.2) is 36.5 Å². The summed E-state index contributed by atoms with van der Waals surface area (Å²) in [6.07, 6.45) is 9.46.